The summed E-state index contributed by atoms with van der Waals surface area (Å²) < 4.78 is 19.4. The second-order valence-electron chi connectivity index (χ2n) is 7.15. The van der Waals surface area contributed by atoms with Crippen molar-refractivity contribution in [3.05, 3.63) is 76.6 Å². The number of rotatable bonds is 6. The zero-order valence-electron chi connectivity index (χ0n) is 15.2. The fourth-order valence-corrected chi connectivity index (χ4v) is 4.03. The maximum absolute atomic E-state index is 13.3. The molecule has 1 aliphatic carbocycles. The van der Waals surface area contributed by atoms with Crippen LogP contribution in [0.4, 0.5) is 4.39 Å². The van der Waals surface area contributed by atoms with Crippen molar-refractivity contribution >= 4 is 22.4 Å². The molecule has 0 aliphatic heterocycles. The van der Waals surface area contributed by atoms with E-state index in [1.807, 2.05) is 6.07 Å². The molecule has 0 atom stereocenters. The number of ether oxygens (including phenoxy) is 1. The third-order valence-corrected chi connectivity index (χ3v) is 5.67. The standard InChI is InChI=1S/C23H23ClFNO/c24-22-13-18(25)11-9-17(22)15-27-23-12-10-16-5-1-4-8-20(16)21(23)14-26-19-6-2-3-7-19/h1,4-5,8-13,19,26H,2-3,6-7,14-15H2. The quantitative estimate of drug-likeness (QED) is 0.543. The van der Waals surface area contributed by atoms with Gasteiger partial charge >= 0.3 is 0 Å². The lowest BCUT2D eigenvalue weighted by Gasteiger charge is -2.18. The molecule has 1 aliphatic rings. The topological polar surface area (TPSA) is 21.3 Å². The Morgan fingerprint density at radius 3 is 2.67 bits per heavy atom. The van der Waals surface area contributed by atoms with Crippen LogP contribution in [0.2, 0.25) is 5.02 Å². The molecule has 0 spiro atoms. The molecule has 3 aromatic carbocycles. The summed E-state index contributed by atoms with van der Waals surface area (Å²) in [6.07, 6.45) is 5.09. The molecule has 0 heterocycles. The molecule has 0 saturated heterocycles. The van der Waals surface area contributed by atoms with Gasteiger partial charge in [0.2, 0.25) is 0 Å². The third kappa shape index (κ3) is 4.26. The lowest BCUT2D eigenvalue weighted by Crippen LogP contribution is -2.25. The molecule has 0 radical (unpaired) electrons. The summed E-state index contributed by atoms with van der Waals surface area (Å²) in [7, 11) is 0. The van der Waals surface area contributed by atoms with Crippen molar-refractivity contribution in [2.24, 2.45) is 0 Å². The van der Waals surface area contributed by atoms with Gasteiger partial charge in [-0.15, -0.1) is 0 Å². The molecule has 2 nitrogen and oxygen atoms in total. The van der Waals surface area contributed by atoms with E-state index in [1.54, 1.807) is 6.07 Å². The molecule has 1 N–H and O–H groups in total. The maximum Gasteiger partial charge on any atom is 0.124 e. The van der Waals surface area contributed by atoms with Crippen LogP contribution in [0.3, 0.4) is 0 Å². The normalized spacial score (nSPS) is 14.7. The van der Waals surface area contributed by atoms with Gasteiger partial charge in [-0.1, -0.05) is 60.8 Å². The maximum atomic E-state index is 13.3. The Morgan fingerprint density at radius 1 is 1.04 bits per heavy atom. The Labute approximate surface area is 164 Å². The third-order valence-electron chi connectivity index (χ3n) is 5.32. The van der Waals surface area contributed by atoms with E-state index in [1.165, 1.54) is 54.2 Å². The first kappa shape index (κ1) is 18.3. The predicted octanol–water partition coefficient (Wildman–Crippen LogP) is 6.24. The average Bonchev–Trinajstić information content (AvgIpc) is 3.19. The molecule has 0 aromatic heterocycles. The van der Waals surface area contributed by atoms with Gasteiger partial charge in [0, 0.05) is 23.7 Å². The first-order chi connectivity index (χ1) is 13.2. The van der Waals surface area contributed by atoms with Crippen LogP contribution in [-0.2, 0) is 13.2 Å². The summed E-state index contributed by atoms with van der Waals surface area (Å²) in [4.78, 5) is 0. The Bertz CT molecular complexity index is 937. The van der Waals surface area contributed by atoms with Crippen molar-refractivity contribution in [2.75, 3.05) is 0 Å². The van der Waals surface area contributed by atoms with Gasteiger partial charge in [0.15, 0.2) is 0 Å². The molecular weight excluding hydrogens is 361 g/mol. The van der Waals surface area contributed by atoms with E-state index < -0.39 is 0 Å². The number of benzene rings is 3. The monoisotopic (exact) mass is 383 g/mol. The van der Waals surface area contributed by atoms with Gasteiger partial charge in [-0.25, -0.2) is 4.39 Å². The molecule has 140 valence electrons. The van der Waals surface area contributed by atoms with Crippen molar-refractivity contribution in [1.82, 2.24) is 5.32 Å². The molecule has 4 heteroatoms. The predicted molar refractivity (Wildman–Crippen MR) is 109 cm³/mol. The number of fused-ring (bicyclic) bond motifs is 1. The summed E-state index contributed by atoms with van der Waals surface area (Å²) in [5.41, 5.74) is 1.94. The average molecular weight is 384 g/mol. The van der Waals surface area contributed by atoms with E-state index >= 15 is 0 Å². The second kappa shape index (κ2) is 8.28. The van der Waals surface area contributed by atoms with E-state index in [9.17, 15) is 4.39 Å². The van der Waals surface area contributed by atoms with E-state index in [-0.39, 0.29) is 5.82 Å². The molecule has 1 saturated carbocycles. The van der Waals surface area contributed by atoms with E-state index in [4.69, 9.17) is 16.3 Å². The van der Waals surface area contributed by atoms with Crippen LogP contribution < -0.4 is 10.1 Å². The lowest BCUT2D eigenvalue weighted by molar-refractivity contribution is 0.302. The molecule has 1 fully saturated rings. The highest BCUT2D eigenvalue weighted by molar-refractivity contribution is 6.31. The smallest absolute Gasteiger partial charge is 0.124 e. The molecular formula is C23H23ClFNO. The van der Waals surface area contributed by atoms with Crippen LogP contribution in [0, 0.1) is 5.82 Å². The summed E-state index contributed by atoms with van der Waals surface area (Å²) in [6, 6.07) is 17.5. The number of halogens is 2. The van der Waals surface area contributed by atoms with E-state index in [2.05, 4.69) is 35.6 Å². The zero-order valence-corrected chi connectivity index (χ0v) is 15.9. The molecule has 0 amide bonds. The highest BCUT2D eigenvalue weighted by Gasteiger charge is 2.16. The number of hydrogen-bond donors (Lipinski definition) is 1. The van der Waals surface area contributed by atoms with Crippen LogP contribution >= 0.6 is 11.6 Å². The lowest BCUT2D eigenvalue weighted by atomic mass is 10.0. The highest BCUT2D eigenvalue weighted by Crippen LogP contribution is 2.30. The SMILES string of the molecule is Fc1ccc(COc2ccc3ccccc3c2CNC2CCCC2)c(Cl)c1. The Kier molecular flexibility index (Phi) is 5.61. The van der Waals surface area contributed by atoms with Gasteiger partial charge in [-0.3, -0.25) is 0 Å². The molecule has 3 aromatic rings. The summed E-state index contributed by atoms with van der Waals surface area (Å²) in [6.45, 7) is 1.09. The van der Waals surface area contributed by atoms with Crippen LogP contribution in [0.25, 0.3) is 10.8 Å². The molecule has 0 bridgehead atoms. The van der Waals surface area contributed by atoms with Gasteiger partial charge in [0.05, 0.1) is 5.02 Å². The van der Waals surface area contributed by atoms with Gasteiger partial charge < -0.3 is 10.1 Å². The van der Waals surface area contributed by atoms with E-state index in [0.29, 0.717) is 17.7 Å². The Morgan fingerprint density at radius 2 is 1.85 bits per heavy atom. The summed E-state index contributed by atoms with van der Waals surface area (Å²) >= 11 is 6.15. The Balaban J connectivity index is 1.59. The van der Waals surface area contributed by atoms with Crippen molar-refractivity contribution in [1.29, 1.82) is 0 Å². The molecule has 0 unspecified atom stereocenters. The number of hydrogen-bond acceptors (Lipinski definition) is 2. The fraction of sp³-hybridized carbons (Fsp3) is 0.304. The van der Waals surface area contributed by atoms with Crippen molar-refractivity contribution in [2.45, 2.75) is 44.9 Å². The molecule has 4 rings (SSSR count). The van der Waals surface area contributed by atoms with Crippen molar-refractivity contribution < 1.29 is 9.13 Å². The Hall–Kier alpha value is -2.10. The van der Waals surface area contributed by atoms with Crippen LogP contribution in [0.15, 0.2) is 54.6 Å². The highest BCUT2D eigenvalue weighted by atomic mass is 35.5. The van der Waals surface area contributed by atoms with Gasteiger partial charge in [0.1, 0.15) is 18.2 Å². The van der Waals surface area contributed by atoms with Crippen LogP contribution in [-0.4, -0.2) is 6.04 Å². The summed E-state index contributed by atoms with van der Waals surface area (Å²) in [5.74, 6) is 0.510. The second-order valence-corrected chi connectivity index (χ2v) is 7.56. The minimum Gasteiger partial charge on any atom is -0.488 e. The van der Waals surface area contributed by atoms with Crippen molar-refractivity contribution in [3.8, 4) is 5.75 Å². The van der Waals surface area contributed by atoms with Gasteiger partial charge in [0.25, 0.3) is 0 Å². The van der Waals surface area contributed by atoms with Gasteiger partial charge in [-0.05, 0) is 41.8 Å². The summed E-state index contributed by atoms with van der Waals surface area (Å²) in [5, 5.41) is 6.48. The first-order valence-electron chi connectivity index (χ1n) is 9.51. The van der Waals surface area contributed by atoms with Crippen molar-refractivity contribution in [3.63, 3.8) is 0 Å². The zero-order chi connectivity index (χ0) is 18.6. The minimum absolute atomic E-state index is 0.313. The molecule has 27 heavy (non-hydrogen) atoms. The largest absolute Gasteiger partial charge is 0.488 e. The minimum atomic E-state index is -0.337. The first-order valence-corrected chi connectivity index (χ1v) is 9.89. The van der Waals surface area contributed by atoms with Crippen LogP contribution in [0.5, 0.6) is 5.75 Å². The fourth-order valence-electron chi connectivity index (χ4n) is 3.80. The van der Waals surface area contributed by atoms with E-state index in [0.717, 1.165) is 17.9 Å². The number of nitrogens with one attached hydrogen (secondary N) is 1. The van der Waals surface area contributed by atoms with Crippen LogP contribution in [0.1, 0.15) is 36.8 Å². The van der Waals surface area contributed by atoms with Gasteiger partial charge in [-0.2, -0.15) is 0 Å².